The monoisotopic (exact) mass is 477 g/mol. The molecule has 12 heteroatoms. The van der Waals surface area contributed by atoms with E-state index in [1.807, 2.05) is 0 Å². The quantitative estimate of drug-likeness (QED) is 0.524. The molecule has 0 heterocycles. The lowest BCUT2D eigenvalue weighted by Gasteiger charge is -2.34. The van der Waals surface area contributed by atoms with Crippen molar-refractivity contribution in [3.63, 3.8) is 0 Å². The normalized spacial score (nSPS) is 16.3. The van der Waals surface area contributed by atoms with E-state index in [1.165, 1.54) is 31.3 Å². The molecule has 1 aliphatic carbocycles. The molecule has 3 N–H and O–H groups in total. The maximum Gasteiger partial charge on any atom is 0.416 e. The van der Waals surface area contributed by atoms with Gasteiger partial charge in [0.1, 0.15) is 0 Å². The van der Waals surface area contributed by atoms with Crippen LogP contribution in [0, 0.1) is 5.92 Å². The van der Waals surface area contributed by atoms with E-state index in [9.17, 15) is 35.2 Å². The van der Waals surface area contributed by atoms with Crippen LogP contribution < -0.4 is 15.4 Å². The van der Waals surface area contributed by atoms with Gasteiger partial charge in [-0.3, -0.25) is 4.79 Å². The van der Waals surface area contributed by atoms with E-state index in [2.05, 4.69) is 15.4 Å². The topological polar surface area (TPSA) is 87.3 Å². The number of alkyl halides is 5. The van der Waals surface area contributed by atoms with Crippen molar-refractivity contribution in [2.24, 2.45) is 5.92 Å². The van der Waals surface area contributed by atoms with E-state index in [1.54, 1.807) is 0 Å². The molecule has 1 fully saturated rings. The van der Waals surface area contributed by atoms with E-state index < -0.39 is 39.5 Å². The van der Waals surface area contributed by atoms with Crippen molar-refractivity contribution in [3.8, 4) is 0 Å². The molecule has 0 aromatic heterocycles. The van der Waals surface area contributed by atoms with Crippen LogP contribution in [0.3, 0.4) is 0 Å². The highest BCUT2D eigenvalue weighted by molar-refractivity contribution is 7.89. The summed E-state index contributed by atoms with van der Waals surface area (Å²) in [6.45, 7) is -0.0167. The zero-order valence-electron chi connectivity index (χ0n) is 16.8. The summed E-state index contributed by atoms with van der Waals surface area (Å²) in [7, 11) is -2.69. The third kappa shape index (κ3) is 5.54. The van der Waals surface area contributed by atoms with Crippen molar-refractivity contribution in [1.82, 2.24) is 10.0 Å². The highest BCUT2D eigenvalue weighted by atomic mass is 32.2. The summed E-state index contributed by atoms with van der Waals surface area (Å²) in [6, 6.07) is 7.68. The number of anilines is 2. The second-order valence-electron chi connectivity index (χ2n) is 7.46. The Balaban J connectivity index is 1.85. The molecule has 0 saturated heterocycles. The summed E-state index contributed by atoms with van der Waals surface area (Å²) in [6.07, 6.45) is -5.21. The predicted octanol–water partition coefficient (Wildman–Crippen LogP) is 4.13. The molecule has 174 valence electrons. The summed E-state index contributed by atoms with van der Waals surface area (Å²) in [5.74, 6) is -3.85. The predicted molar refractivity (Wildman–Crippen MR) is 107 cm³/mol. The molecule has 32 heavy (non-hydrogen) atoms. The van der Waals surface area contributed by atoms with E-state index in [-0.39, 0.29) is 41.2 Å². The summed E-state index contributed by atoms with van der Waals surface area (Å²) in [4.78, 5) is 12.5. The number of rotatable bonds is 7. The van der Waals surface area contributed by atoms with Gasteiger partial charge in [0.25, 0.3) is 5.91 Å². The number of hydrogen-bond donors (Lipinski definition) is 3. The maximum atomic E-state index is 13.0. The molecule has 1 amide bonds. The molecule has 0 atom stereocenters. The zero-order chi connectivity index (χ0) is 23.7. The molecular weight excluding hydrogens is 457 g/mol. The van der Waals surface area contributed by atoms with Crippen molar-refractivity contribution in [3.05, 3.63) is 53.6 Å². The van der Waals surface area contributed by atoms with Crippen LogP contribution in [0.2, 0.25) is 0 Å². The highest BCUT2D eigenvalue weighted by Crippen LogP contribution is 2.42. The molecule has 0 aliphatic heterocycles. The number of sulfonamides is 1. The van der Waals surface area contributed by atoms with E-state index in [4.69, 9.17) is 0 Å². The minimum absolute atomic E-state index is 0.0167. The molecule has 0 unspecified atom stereocenters. The van der Waals surface area contributed by atoms with Gasteiger partial charge in [0.15, 0.2) is 0 Å². The zero-order valence-corrected chi connectivity index (χ0v) is 17.6. The number of benzene rings is 2. The maximum absolute atomic E-state index is 13.0. The van der Waals surface area contributed by atoms with Gasteiger partial charge in [-0.15, -0.1) is 0 Å². The molecule has 1 aliphatic rings. The molecule has 0 spiro atoms. The Hall–Kier alpha value is -2.73. The molecule has 2 aromatic rings. The second kappa shape index (κ2) is 8.66. The van der Waals surface area contributed by atoms with Crippen molar-refractivity contribution < 1.29 is 35.2 Å². The fraction of sp³-hybridized carbons (Fsp3) is 0.350. The van der Waals surface area contributed by atoms with E-state index >= 15 is 0 Å². The first-order chi connectivity index (χ1) is 14.8. The minimum Gasteiger partial charge on any atom is -0.355 e. The molecule has 3 rings (SSSR count). The van der Waals surface area contributed by atoms with Crippen LogP contribution in [-0.2, 0) is 16.2 Å². The number of nitrogens with one attached hydrogen (secondary N) is 3. The fourth-order valence-corrected chi connectivity index (χ4v) is 4.02. The number of halogens is 5. The first-order valence-electron chi connectivity index (χ1n) is 9.49. The third-order valence-electron chi connectivity index (χ3n) is 5.03. The van der Waals surface area contributed by atoms with Crippen molar-refractivity contribution >= 4 is 27.3 Å². The molecule has 2 aromatic carbocycles. The smallest absolute Gasteiger partial charge is 0.355 e. The van der Waals surface area contributed by atoms with Gasteiger partial charge in [0, 0.05) is 25.1 Å². The Labute approximate surface area is 181 Å². The van der Waals surface area contributed by atoms with E-state index in [0.717, 1.165) is 18.2 Å². The van der Waals surface area contributed by atoms with Gasteiger partial charge in [-0.2, -0.15) is 13.2 Å². The standard InChI is InChI=1S/C20H20F5N3O3S/c1-26-32(30,31)15-6-7-17(28-14-4-2-13(3-5-14)20(23,24)25)16(8-15)18(29)27-11-12-9-19(21,22)10-12/h2-8,12,26,28H,9-11H2,1H3,(H,27,29). The van der Waals surface area contributed by atoms with Gasteiger partial charge in [0.2, 0.25) is 15.9 Å². The van der Waals surface area contributed by atoms with Crippen LogP contribution in [0.15, 0.2) is 47.4 Å². The van der Waals surface area contributed by atoms with E-state index in [0.29, 0.717) is 0 Å². The number of carbonyl (C=O) groups excluding carboxylic acids is 1. The highest BCUT2D eigenvalue weighted by Gasteiger charge is 2.45. The molecular formula is C20H20F5N3O3S. The first-order valence-corrected chi connectivity index (χ1v) is 11.0. The Morgan fingerprint density at radius 2 is 1.72 bits per heavy atom. The summed E-state index contributed by atoms with van der Waals surface area (Å²) in [5, 5.41) is 5.31. The Morgan fingerprint density at radius 3 is 2.25 bits per heavy atom. The van der Waals surface area contributed by atoms with Gasteiger partial charge >= 0.3 is 6.18 Å². The van der Waals surface area contributed by atoms with Gasteiger partial charge in [0.05, 0.1) is 21.7 Å². The largest absolute Gasteiger partial charge is 0.416 e. The Morgan fingerprint density at radius 1 is 1.09 bits per heavy atom. The molecule has 0 bridgehead atoms. The molecule has 0 radical (unpaired) electrons. The average molecular weight is 477 g/mol. The lowest BCUT2D eigenvalue weighted by Crippen LogP contribution is -2.42. The van der Waals surface area contributed by atoms with Gasteiger partial charge in [-0.1, -0.05) is 0 Å². The van der Waals surface area contributed by atoms with Crippen LogP contribution in [0.4, 0.5) is 33.3 Å². The first kappa shape index (κ1) is 23.9. The van der Waals surface area contributed by atoms with Crippen molar-refractivity contribution in [2.75, 3.05) is 18.9 Å². The SMILES string of the molecule is CNS(=O)(=O)c1ccc(Nc2ccc(C(F)(F)F)cc2)c(C(=O)NCC2CC(F)(F)C2)c1. The Kier molecular flexibility index (Phi) is 6.47. The van der Waals surface area contributed by atoms with Gasteiger partial charge in [-0.05, 0) is 55.4 Å². The van der Waals surface area contributed by atoms with Crippen LogP contribution in [0.5, 0.6) is 0 Å². The van der Waals surface area contributed by atoms with Gasteiger partial charge in [-0.25, -0.2) is 21.9 Å². The fourth-order valence-electron chi connectivity index (χ4n) is 3.26. The second-order valence-corrected chi connectivity index (χ2v) is 9.34. The van der Waals surface area contributed by atoms with Crippen molar-refractivity contribution in [1.29, 1.82) is 0 Å². The van der Waals surface area contributed by atoms with Crippen LogP contribution >= 0.6 is 0 Å². The number of hydrogen-bond acceptors (Lipinski definition) is 4. The Bertz CT molecular complexity index is 1090. The summed E-state index contributed by atoms with van der Waals surface area (Å²) in [5.41, 5.74) is -0.591. The number of amides is 1. The molecule has 1 saturated carbocycles. The van der Waals surface area contributed by atoms with Crippen LogP contribution in [0.1, 0.15) is 28.8 Å². The minimum atomic E-state index is -4.51. The van der Waals surface area contributed by atoms with Gasteiger partial charge < -0.3 is 10.6 Å². The average Bonchev–Trinajstić information content (AvgIpc) is 2.70. The lowest BCUT2D eigenvalue weighted by molar-refractivity contribution is -0.137. The van der Waals surface area contributed by atoms with Crippen LogP contribution in [0.25, 0.3) is 0 Å². The number of carbonyl (C=O) groups is 1. The summed E-state index contributed by atoms with van der Waals surface area (Å²) < 4.78 is 90.6. The third-order valence-corrected chi connectivity index (χ3v) is 6.44. The summed E-state index contributed by atoms with van der Waals surface area (Å²) >= 11 is 0. The lowest BCUT2D eigenvalue weighted by atomic mass is 9.81. The van der Waals surface area contributed by atoms with Crippen molar-refractivity contribution in [2.45, 2.75) is 29.8 Å². The van der Waals surface area contributed by atoms with Crippen LogP contribution in [-0.4, -0.2) is 33.8 Å². The molecule has 6 nitrogen and oxygen atoms in total.